The second-order valence-electron chi connectivity index (χ2n) is 7.05. The number of benzene rings is 2. The van der Waals surface area contributed by atoms with Crippen LogP contribution in [0.25, 0.3) is 0 Å². The van der Waals surface area contributed by atoms with Crippen molar-refractivity contribution in [3.8, 4) is 5.75 Å². The van der Waals surface area contributed by atoms with Gasteiger partial charge < -0.3 is 20.3 Å². The van der Waals surface area contributed by atoms with Crippen LogP contribution in [0, 0.1) is 6.92 Å². The number of halogens is 1. The number of rotatable bonds is 9. The molecule has 160 valence electrons. The summed E-state index contributed by atoms with van der Waals surface area (Å²) < 4.78 is 5.46. The smallest absolute Gasteiger partial charge is 0.261 e. The van der Waals surface area contributed by atoms with E-state index in [0.29, 0.717) is 16.5 Å². The summed E-state index contributed by atoms with van der Waals surface area (Å²) in [5, 5.41) is 5.81. The van der Waals surface area contributed by atoms with Gasteiger partial charge in [-0.15, -0.1) is 0 Å². The van der Waals surface area contributed by atoms with Crippen LogP contribution < -0.4 is 15.4 Å². The highest BCUT2D eigenvalue weighted by atomic mass is 35.5. The second kappa shape index (κ2) is 11.2. The van der Waals surface area contributed by atoms with Gasteiger partial charge in [-0.25, -0.2) is 0 Å². The summed E-state index contributed by atoms with van der Waals surface area (Å²) >= 11 is 5.82. The van der Waals surface area contributed by atoms with Gasteiger partial charge in [0.25, 0.3) is 5.91 Å². The maximum atomic E-state index is 12.5. The van der Waals surface area contributed by atoms with E-state index in [-0.39, 0.29) is 37.6 Å². The molecule has 30 heavy (non-hydrogen) atoms. The standard InChI is InChI=1S/C22H26ClN3O4/c1-15(2)26(22(29)14-30-19-10-6-17(23)7-11-19)13-21(28)24-12-20(27)25-18-8-4-16(3)5-9-18/h4-11,15H,12-14H2,1-3H3,(H,24,28)(H,25,27). The molecule has 0 atom stereocenters. The number of hydrogen-bond acceptors (Lipinski definition) is 4. The van der Waals surface area contributed by atoms with Crippen LogP contribution in [0.3, 0.4) is 0 Å². The quantitative estimate of drug-likeness (QED) is 0.638. The molecule has 0 fully saturated rings. The van der Waals surface area contributed by atoms with E-state index in [9.17, 15) is 14.4 Å². The van der Waals surface area contributed by atoms with E-state index >= 15 is 0 Å². The van der Waals surface area contributed by atoms with Crippen molar-refractivity contribution in [2.75, 3.05) is 25.0 Å². The summed E-state index contributed by atoms with van der Waals surface area (Å²) in [6.45, 7) is 5.00. The van der Waals surface area contributed by atoms with Crippen LogP contribution in [0.1, 0.15) is 19.4 Å². The first-order chi connectivity index (χ1) is 14.2. The SMILES string of the molecule is Cc1ccc(NC(=O)CNC(=O)CN(C(=O)COc2ccc(Cl)cc2)C(C)C)cc1. The maximum absolute atomic E-state index is 12.5. The molecule has 0 heterocycles. The predicted molar refractivity (Wildman–Crippen MR) is 117 cm³/mol. The number of anilines is 1. The first-order valence-electron chi connectivity index (χ1n) is 9.55. The Labute approximate surface area is 181 Å². The molecule has 8 heteroatoms. The number of carbonyl (C=O) groups is 3. The lowest BCUT2D eigenvalue weighted by Gasteiger charge is -2.26. The third-order valence-electron chi connectivity index (χ3n) is 4.22. The third kappa shape index (κ3) is 7.75. The Morgan fingerprint density at radius 2 is 1.63 bits per heavy atom. The molecule has 0 bridgehead atoms. The summed E-state index contributed by atoms with van der Waals surface area (Å²) in [5.74, 6) is -0.601. The highest BCUT2D eigenvalue weighted by molar-refractivity contribution is 6.30. The van der Waals surface area contributed by atoms with Gasteiger partial charge in [-0.1, -0.05) is 29.3 Å². The molecule has 2 aromatic rings. The van der Waals surface area contributed by atoms with E-state index in [4.69, 9.17) is 16.3 Å². The normalized spacial score (nSPS) is 10.4. The van der Waals surface area contributed by atoms with E-state index in [2.05, 4.69) is 10.6 Å². The van der Waals surface area contributed by atoms with Crippen molar-refractivity contribution in [3.05, 3.63) is 59.1 Å². The van der Waals surface area contributed by atoms with Gasteiger partial charge in [0.1, 0.15) is 5.75 Å². The first-order valence-corrected chi connectivity index (χ1v) is 9.93. The first kappa shape index (κ1) is 23.2. The van der Waals surface area contributed by atoms with Crippen LogP contribution in [-0.2, 0) is 14.4 Å². The third-order valence-corrected chi connectivity index (χ3v) is 4.47. The van der Waals surface area contributed by atoms with E-state index in [1.165, 1.54) is 4.90 Å². The molecule has 0 saturated heterocycles. The minimum atomic E-state index is -0.428. The van der Waals surface area contributed by atoms with Gasteiger partial charge in [0, 0.05) is 16.8 Å². The molecule has 0 saturated carbocycles. The molecular weight excluding hydrogens is 406 g/mol. The number of carbonyl (C=O) groups excluding carboxylic acids is 3. The van der Waals surface area contributed by atoms with Gasteiger partial charge in [-0.2, -0.15) is 0 Å². The Kier molecular flexibility index (Phi) is 8.68. The predicted octanol–water partition coefficient (Wildman–Crippen LogP) is 3.02. The van der Waals surface area contributed by atoms with Crippen molar-refractivity contribution < 1.29 is 19.1 Å². The van der Waals surface area contributed by atoms with Gasteiger partial charge in [-0.05, 0) is 57.2 Å². The minimum Gasteiger partial charge on any atom is -0.484 e. The average Bonchev–Trinajstić information content (AvgIpc) is 2.71. The van der Waals surface area contributed by atoms with Crippen LogP contribution in [0.5, 0.6) is 5.75 Å². The van der Waals surface area contributed by atoms with Gasteiger partial charge >= 0.3 is 0 Å². The van der Waals surface area contributed by atoms with E-state index < -0.39 is 5.91 Å². The zero-order chi connectivity index (χ0) is 22.1. The molecular formula is C22H26ClN3O4. The topological polar surface area (TPSA) is 87.7 Å². The number of ether oxygens (including phenoxy) is 1. The monoisotopic (exact) mass is 431 g/mol. The summed E-state index contributed by atoms with van der Waals surface area (Å²) in [4.78, 5) is 38.1. The molecule has 0 unspecified atom stereocenters. The minimum absolute atomic E-state index is 0.168. The molecule has 2 aromatic carbocycles. The average molecular weight is 432 g/mol. The maximum Gasteiger partial charge on any atom is 0.261 e. The fraction of sp³-hybridized carbons (Fsp3) is 0.318. The Hall–Kier alpha value is -3.06. The zero-order valence-electron chi connectivity index (χ0n) is 17.3. The van der Waals surface area contributed by atoms with Crippen molar-refractivity contribution in [2.24, 2.45) is 0 Å². The molecule has 0 aliphatic heterocycles. The van der Waals surface area contributed by atoms with Crippen molar-refractivity contribution in [1.82, 2.24) is 10.2 Å². The summed E-state index contributed by atoms with van der Waals surface area (Å²) in [7, 11) is 0. The number of aryl methyl sites for hydroxylation is 1. The van der Waals surface area contributed by atoms with Gasteiger partial charge in [-0.3, -0.25) is 14.4 Å². The Bertz CT molecular complexity index is 867. The summed E-state index contributed by atoms with van der Waals surface area (Å²) in [6.07, 6.45) is 0. The van der Waals surface area contributed by atoms with Crippen LogP contribution in [0.2, 0.25) is 5.02 Å². The van der Waals surface area contributed by atoms with Gasteiger partial charge in [0.15, 0.2) is 6.61 Å². The highest BCUT2D eigenvalue weighted by Crippen LogP contribution is 2.15. The van der Waals surface area contributed by atoms with Crippen LogP contribution in [-0.4, -0.2) is 48.4 Å². The Balaban J connectivity index is 1.80. The molecule has 2 N–H and O–H groups in total. The second-order valence-corrected chi connectivity index (χ2v) is 7.49. The van der Waals surface area contributed by atoms with Gasteiger partial charge in [0.2, 0.25) is 11.8 Å². The fourth-order valence-corrected chi connectivity index (χ4v) is 2.68. The zero-order valence-corrected chi connectivity index (χ0v) is 18.0. The van der Waals surface area contributed by atoms with Crippen LogP contribution in [0.4, 0.5) is 5.69 Å². The number of nitrogens with one attached hydrogen (secondary N) is 2. The van der Waals surface area contributed by atoms with Crippen molar-refractivity contribution in [2.45, 2.75) is 26.8 Å². The molecule has 3 amide bonds. The molecule has 7 nitrogen and oxygen atoms in total. The van der Waals surface area contributed by atoms with E-state index in [1.807, 2.05) is 19.1 Å². The fourth-order valence-electron chi connectivity index (χ4n) is 2.55. The lowest BCUT2D eigenvalue weighted by molar-refractivity contribution is -0.139. The number of nitrogens with zero attached hydrogens (tertiary/aromatic N) is 1. The van der Waals surface area contributed by atoms with Gasteiger partial charge in [0.05, 0.1) is 13.1 Å². The molecule has 0 aliphatic carbocycles. The largest absolute Gasteiger partial charge is 0.484 e. The van der Waals surface area contributed by atoms with Crippen LogP contribution >= 0.6 is 11.6 Å². The molecule has 2 rings (SSSR count). The highest BCUT2D eigenvalue weighted by Gasteiger charge is 2.21. The van der Waals surface area contributed by atoms with Crippen molar-refractivity contribution in [3.63, 3.8) is 0 Å². The van der Waals surface area contributed by atoms with Crippen LogP contribution in [0.15, 0.2) is 48.5 Å². The summed E-state index contributed by atoms with van der Waals surface area (Å²) in [6, 6.07) is 13.8. The Morgan fingerprint density at radius 1 is 1.00 bits per heavy atom. The lowest BCUT2D eigenvalue weighted by Crippen LogP contribution is -2.47. The van der Waals surface area contributed by atoms with Crippen molar-refractivity contribution >= 4 is 35.0 Å². The number of amides is 3. The molecule has 0 aliphatic rings. The van der Waals surface area contributed by atoms with E-state index in [1.54, 1.807) is 50.2 Å². The molecule has 0 radical (unpaired) electrons. The Morgan fingerprint density at radius 3 is 2.23 bits per heavy atom. The molecule has 0 spiro atoms. The molecule has 0 aromatic heterocycles. The summed E-state index contributed by atoms with van der Waals surface area (Å²) in [5.41, 5.74) is 1.73. The lowest BCUT2D eigenvalue weighted by atomic mass is 10.2. The van der Waals surface area contributed by atoms with Crippen molar-refractivity contribution in [1.29, 1.82) is 0 Å². The number of hydrogen-bond donors (Lipinski definition) is 2. The van der Waals surface area contributed by atoms with E-state index in [0.717, 1.165) is 5.56 Å².